The third kappa shape index (κ3) is 2.71. The molecule has 0 amide bonds. The minimum absolute atomic E-state index is 0.0355. The van der Waals surface area contributed by atoms with E-state index < -0.39 is 9.84 Å². The molecule has 1 aromatic heterocycles. The quantitative estimate of drug-likeness (QED) is 0.851. The average Bonchev–Trinajstić information content (AvgIpc) is 2.72. The van der Waals surface area contributed by atoms with E-state index in [0.29, 0.717) is 18.8 Å². The largest absolute Gasteiger partial charge is 0.354 e. The van der Waals surface area contributed by atoms with Gasteiger partial charge in [0.05, 0.1) is 17.2 Å². The summed E-state index contributed by atoms with van der Waals surface area (Å²) in [5.74, 6) is 1.13. The summed E-state index contributed by atoms with van der Waals surface area (Å²) in [6, 6.07) is -0.0355. The second-order valence-corrected chi connectivity index (χ2v) is 7.31. The van der Waals surface area contributed by atoms with Crippen molar-refractivity contribution in [2.75, 3.05) is 23.5 Å². The first-order valence-corrected chi connectivity index (χ1v) is 8.14. The van der Waals surface area contributed by atoms with Crippen molar-refractivity contribution in [3.8, 4) is 0 Å². The Kier molecular flexibility index (Phi) is 3.78. The number of nitrogens with zero attached hydrogens (tertiary/aromatic N) is 3. The molecule has 0 aromatic carbocycles. The fourth-order valence-corrected chi connectivity index (χ4v) is 4.20. The minimum atomic E-state index is -2.91. The van der Waals surface area contributed by atoms with Crippen molar-refractivity contribution in [3.05, 3.63) is 16.8 Å². The van der Waals surface area contributed by atoms with Crippen LogP contribution in [0.4, 0.5) is 5.82 Å². The first-order chi connectivity index (χ1) is 8.85. The maximum atomic E-state index is 11.6. The molecule has 2 rings (SSSR count). The van der Waals surface area contributed by atoms with Crippen molar-refractivity contribution in [1.29, 1.82) is 0 Å². The van der Waals surface area contributed by atoms with Gasteiger partial charge >= 0.3 is 0 Å². The Morgan fingerprint density at radius 1 is 1.37 bits per heavy atom. The number of aromatic nitrogens is 2. The van der Waals surface area contributed by atoms with Gasteiger partial charge in [0.25, 0.3) is 0 Å². The molecule has 6 nitrogen and oxygen atoms in total. The fraction of sp³-hybridized carbons (Fsp3) is 0.667. The van der Waals surface area contributed by atoms with Gasteiger partial charge in [0.1, 0.15) is 0 Å². The van der Waals surface area contributed by atoms with E-state index in [4.69, 9.17) is 5.73 Å². The molecule has 1 unspecified atom stereocenters. The number of rotatable bonds is 3. The van der Waals surface area contributed by atoms with E-state index in [2.05, 4.69) is 10.2 Å². The van der Waals surface area contributed by atoms with Crippen LogP contribution in [-0.2, 0) is 16.4 Å². The highest BCUT2D eigenvalue weighted by atomic mass is 32.2. The Balaban J connectivity index is 2.34. The van der Waals surface area contributed by atoms with Crippen molar-refractivity contribution in [1.82, 2.24) is 10.2 Å². The Hall–Kier alpha value is -1.21. The molecule has 0 aliphatic carbocycles. The van der Waals surface area contributed by atoms with Crippen LogP contribution in [0.3, 0.4) is 0 Å². The maximum absolute atomic E-state index is 11.6. The van der Waals surface area contributed by atoms with E-state index in [1.165, 1.54) is 0 Å². The Morgan fingerprint density at radius 2 is 2.05 bits per heavy atom. The van der Waals surface area contributed by atoms with E-state index in [0.717, 1.165) is 16.8 Å². The molecule has 106 valence electrons. The van der Waals surface area contributed by atoms with Crippen molar-refractivity contribution in [3.63, 3.8) is 0 Å². The van der Waals surface area contributed by atoms with Crippen molar-refractivity contribution in [2.24, 2.45) is 5.73 Å². The lowest BCUT2D eigenvalue weighted by atomic mass is 10.1. The standard InChI is InChI=1S/C12H20N4O2S/c1-8-9(2)14-15-12(11(8)6-13)16(3)10-4-5-19(17,18)7-10/h10H,4-7,13H2,1-3H3. The zero-order chi connectivity index (χ0) is 14.2. The molecule has 1 saturated heterocycles. The molecule has 0 bridgehead atoms. The Morgan fingerprint density at radius 3 is 2.58 bits per heavy atom. The van der Waals surface area contributed by atoms with Crippen molar-refractivity contribution >= 4 is 15.7 Å². The smallest absolute Gasteiger partial charge is 0.156 e. The molecule has 0 spiro atoms. The molecule has 0 saturated carbocycles. The van der Waals surface area contributed by atoms with E-state index in [9.17, 15) is 8.42 Å². The van der Waals surface area contributed by atoms with Gasteiger partial charge in [-0.15, -0.1) is 5.10 Å². The normalized spacial score (nSPS) is 21.6. The molecular formula is C12H20N4O2S. The summed E-state index contributed by atoms with van der Waals surface area (Å²) < 4.78 is 23.1. The van der Waals surface area contributed by atoms with Gasteiger partial charge in [0.15, 0.2) is 15.7 Å². The number of sulfone groups is 1. The molecule has 2 heterocycles. The van der Waals surface area contributed by atoms with E-state index in [-0.39, 0.29) is 17.5 Å². The third-order valence-electron chi connectivity index (χ3n) is 3.85. The number of hydrogen-bond donors (Lipinski definition) is 1. The molecular weight excluding hydrogens is 264 g/mol. The van der Waals surface area contributed by atoms with Gasteiger partial charge in [0.2, 0.25) is 0 Å². The summed E-state index contributed by atoms with van der Waals surface area (Å²) in [6.07, 6.45) is 0.636. The summed E-state index contributed by atoms with van der Waals surface area (Å²) >= 11 is 0. The molecule has 2 N–H and O–H groups in total. The zero-order valence-electron chi connectivity index (χ0n) is 11.5. The highest BCUT2D eigenvalue weighted by Gasteiger charge is 2.32. The van der Waals surface area contributed by atoms with E-state index in [1.54, 1.807) is 0 Å². The van der Waals surface area contributed by atoms with Crippen LogP contribution in [0, 0.1) is 13.8 Å². The molecule has 1 fully saturated rings. The van der Waals surface area contributed by atoms with Gasteiger partial charge in [-0.25, -0.2) is 8.42 Å². The topological polar surface area (TPSA) is 89.2 Å². The Labute approximate surface area is 113 Å². The van der Waals surface area contributed by atoms with Crippen LogP contribution in [0.15, 0.2) is 0 Å². The molecule has 1 aromatic rings. The van der Waals surface area contributed by atoms with Gasteiger partial charge < -0.3 is 10.6 Å². The third-order valence-corrected chi connectivity index (χ3v) is 5.60. The van der Waals surface area contributed by atoms with Crippen LogP contribution in [0.25, 0.3) is 0 Å². The lowest BCUT2D eigenvalue weighted by molar-refractivity contribution is 0.600. The Bertz CT molecular complexity index is 586. The predicted molar refractivity (Wildman–Crippen MR) is 74.9 cm³/mol. The monoisotopic (exact) mass is 284 g/mol. The number of hydrogen-bond acceptors (Lipinski definition) is 6. The first-order valence-electron chi connectivity index (χ1n) is 6.32. The summed E-state index contributed by atoms with van der Waals surface area (Å²) in [4.78, 5) is 1.91. The second-order valence-electron chi connectivity index (χ2n) is 5.08. The van der Waals surface area contributed by atoms with Gasteiger partial charge in [-0.2, -0.15) is 5.10 Å². The second kappa shape index (κ2) is 5.05. The van der Waals surface area contributed by atoms with Crippen LogP contribution in [-0.4, -0.2) is 43.2 Å². The average molecular weight is 284 g/mol. The highest BCUT2D eigenvalue weighted by Crippen LogP contribution is 2.26. The molecule has 1 aliphatic rings. The number of anilines is 1. The molecule has 7 heteroatoms. The predicted octanol–water partition coefficient (Wildman–Crippen LogP) is 0.175. The SMILES string of the molecule is Cc1nnc(N(C)C2CCS(=O)(=O)C2)c(CN)c1C. The molecule has 1 aliphatic heterocycles. The van der Waals surface area contributed by atoms with Crippen LogP contribution in [0.1, 0.15) is 23.2 Å². The fourth-order valence-electron chi connectivity index (χ4n) is 2.43. The lowest BCUT2D eigenvalue weighted by Gasteiger charge is -2.26. The van der Waals surface area contributed by atoms with Gasteiger partial charge in [-0.3, -0.25) is 0 Å². The highest BCUT2D eigenvalue weighted by molar-refractivity contribution is 7.91. The van der Waals surface area contributed by atoms with Gasteiger partial charge in [-0.05, 0) is 25.8 Å². The van der Waals surface area contributed by atoms with Crippen molar-refractivity contribution < 1.29 is 8.42 Å². The maximum Gasteiger partial charge on any atom is 0.156 e. The van der Waals surface area contributed by atoms with Crippen molar-refractivity contribution in [2.45, 2.75) is 32.9 Å². The van der Waals surface area contributed by atoms with Gasteiger partial charge in [-0.1, -0.05) is 0 Å². The summed E-state index contributed by atoms with van der Waals surface area (Å²) in [5.41, 5.74) is 8.63. The number of aryl methyl sites for hydroxylation is 1. The van der Waals surface area contributed by atoms with Crippen LogP contribution in [0.5, 0.6) is 0 Å². The summed E-state index contributed by atoms with van der Waals surface area (Å²) in [6.45, 7) is 4.24. The summed E-state index contributed by atoms with van der Waals surface area (Å²) in [7, 11) is -1.04. The summed E-state index contributed by atoms with van der Waals surface area (Å²) in [5, 5.41) is 8.32. The lowest BCUT2D eigenvalue weighted by Crippen LogP contribution is -2.34. The van der Waals surface area contributed by atoms with Crippen LogP contribution >= 0.6 is 0 Å². The molecule has 0 radical (unpaired) electrons. The number of nitrogens with two attached hydrogens (primary N) is 1. The van der Waals surface area contributed by atoms with Crippen LogP contribution in [0.2, 0.25) is 0 Å². The molecule has 19 heavy (non-hydrogen) atoms. The zero-order valence-corrected chi connectivity index (χ0v) is 12.4. The van der Waals surface area contributed by atoms with Gasteiger partial charge in [0, 0.05) is 25.2 Å². The minimum Gasteiger partial charge on any atom is -0.354 e. The van der Waals surface area contributed by atoms with E-state index in [1.807, 2.05) is 25.8 Å². The first kappa shape index (κ1) is 14.2. The van der Waals surface area contributed by atoms with E-state index >= 15 is 0 Å². The van der Waals surface area contributed by atoms with Crippen LogP contribution < -0.4 is 10.6 Å². The molecule has 1 atom stereocenters.